The molecule has 3 atom stereocenters. The van der Waals surface area contributed by atoms with Gasteiger partial charge in [0.25, 0.3) is 0 Å². The maximum atomic E-state index is 9.37. The van der Waals surface area contributed by atoms with Crippen LogP contribution in [-0.2, 0) is 14.2 Å². The first-order valence-corrected chi connectivity index (χ1v) is 16.1. The highest BCUT2D eigenvalue weighted by molar-refractivity contribution is 5.75. The van der Waals surface area contributed by atoms with E-state index in [0.717, 1.165) is 18.8 Å². The molecule has 4 rings (SSSR count). The number of hydrogen-bond acceptors (Lipinski definition) is 4. The van der Waals surface area contributed by atoms with Crippen LogP contribution in [0.5, 0.6) is 0 Å². The van der Waals surface area contributed by atoms with E-state index >= 15 is 0 Å². The monoisotopic (exact) mass is 550 g/mol. The Balaban J connectivity index is 1.25. The summed E-state index contributed by atoms with van der Waals surface area (Å²) in [5.74, 6) is 3.23. The van der Waals surface area contributed by atoms with Crippen molar-refractivity contribution >= 4 is 5.57 Å². The molecule has 3 aliphatic rings. The Morgan fingerprint density at radius 3 is 2.35 bits per heavy atom. The fourth-order valence-electron chi connectivity index (χ4n) is 7.17. The minimum absolute atomic E-state index is 0.00459. The minimum atomic E-state index is -0.275. The maximum Gasteiger partial charge on any atom is 0.162 e. The van der Waals surface area contributed by atoms with E-state index < -0.39 is 0 Å². The predicted octanol–water partition coefficient (Wildman–Crippen LogP) is 8.33. The fraction of sp³-hybridized carbons (Fsp3) is 0.667. The normalized spacial score (nSPS) is 29.6. The molecule has 4 heteroatoms. The second kappa shape index (κ2) is 16.1. The predicted molar refractivity (Wildman–Crippen MR) is 165 cm³/mol. The van der Waals surface area contributed by atoms with E-state index in [1.54, 1.807) is 7.11 Å². The Morgan fingerprint density at radius 2 is 1.73 bits per heavy atom. The van der Waals surface area contributed by atoms with Crippen molar-refractivity contribution in [1.29, 1.82) is 0 Å². The molecule has 222 valence electrons. The van der Waals surface area contributed by atoms with Crippen LogP contribution in [0.4, 0.5) is 0 Å². The smallest absolute Gasteiger partial charge is 0.162 e. The Kier molecular flexibility index (Phi) is 12.5. The van der Waals surface area contributed by atoms with E-state index in [1.807, 2.05) is 0 Å². The van der Waals surface area contributed by atoms with Gasteiger partial charge >= 0.3 is 0 Å². The third-order valence-corrected chi connectivity index (χ3v) is 9.72. The first kappa shape index (κ1) is 31.2. The third-order valence-electron chi connectivity index (χ3n) is 9.72. The van der Waals surface area contributed by atoms with Crippen molar-refractivity contribution in [2.24, 2.45) is 29.6 Å². The van der Waals surface area contributed by atoms with Gasteiger partial charge in [-0.15, -0.1) is 0 Å². The molecular formula is C36H54O4. The lowest BCUT2D eigenvalue weighted by Crippen LogP contribution is -2.41. The molecule has 3 unspecified atom stereocenters. The average Bonchev–Trinajstić information content (AvgIpc) is 3.01. The maximum absolute atomic E-state index is 9.37. The fourth-order valence-corrected chi connectivity index (χ4v) is 7.17. The number of methoxy groups -OCH3 is 1. The molecule has 0 amide bonds. The highest BCUT2D eigenvalue weighted by Crippen LogP contribution is 2.41. The Morgan fingerprint density at radius 1 is 1.00 bits per heavy atom. The van der Waals surface area contributed by atoms with Crippen LogP contribution in [0.2, 0.25) is 0 Å². The minimum Gasteiger partial charge on any atom is -0.392 e. The molecule has 4 nitrogen and oxygen atoms in total. The zero-order chi connectivity index (χ0) is 28.3. The highest BCUT2D eigenvalue weighted by atomic mass is 16.7. The van der Waals surface area contributed by atoms with Crippen LogP contribution < -0.4 is 0 Å². The van der Waals surface area contributed by atoms with Crippen molar-refractivity contribution in [1.82, 2.24) is 0 Å². The van der Waals surface area contributed by atoms with Crippen molar-refractivity contribution in [3.8, 4) is 0 Å². The lowest BCUT2D eigenvalue weighted by atomic mass is 9.73. The summed E-state index contributed by atoms with van der Waals surface area (Å²) in [5, 5.41) is 9.37. The molecule has 40 heavy (non-hydrogen) atoms. The van der Waals surface area contributed by atoms with Crippen molar-refractivity contribution in [3.05, 3.63) is 65.8 Å². The van der Waals surface area contributed by atoms with Crippen LogP contribution >= 0.6 is 0 Å². The Labute approximate surface area is 243 Å². The van der Waals surface area contributed by atoms with Gasteiger partial charge in [-0.2, -0.15) is 0 Å². The second-order valence-electron chi connectivity index (χ2n) is 12.6. The highest BCUT2D eigenvalue weighted by Gasteiger charge is 2.35. The summed E-state index contributed by atoms with van der Waals surface area (Å²) in [6.45, 7) is 10.6. The van der Waals surface area contributed by atoms with Crippen LogP contribution in [0.15, 0.2) is 54.6 Å². The van der Waals surface area contributed by atoms with Gasteiger partial charge in [0, 0.05) is 18.9 Å². The molecule has 0 spiro atoms. The molecule has 1 aromatic carbocycles. The third kappa shape index (κ3) is 8.41. The molecule has 1 aromatic rings. The lowest BCUT2D eigenvalue weighted by Gasteiger charge is -2.39. The van der Waals surface area contributed by atoms with Gasteiger partial charge in [-0.3, -0.25) is 0 Å². The molecule has 1 N–H and O–H groups in total. The number of benzene rings is 1. The molecule has 0 radical (unpaired) electrons. The molecule has 0 aromatic heterocycles. The Bertz CT molecular complexity index is 948. The summed E-state index contributed by atoms with van der Waals surface area (Å²) in [5.41, 5.74) is 5.05. The second-order valence-corrected chi connectivity index (χ2v) is 12.6. The first-order chi connectivity index (χ1) is 19.6. The number of allylic oxidation sites excluding steroid dienone is 4. The lowest BCUT2D eigenvalue weighted by molar-refractivity contribution is -0.237. The topological polar surface area (TPSA) is 47.9 Å². The van der Waals surface area contributed by atoms with Crippen LogP contribution in [0, 0.1) is 29.6 Å². The molecule has 2 aliphatic carbocycles. The van der Waals surface area contributed by atoms with Gasteiger partial charge in [0.15, 0.2) is 6.29 Å². The van der Waals surface area contributed by atoms with Crippen LogP contribution in [-0.4, -0.2) is 44.9 Å². The summed E-state index contributed by atoms with van der Waals surface area (Å²) < 4.78 is 17.8. The van der Waals surface area contributed by atoms with Crippen LogP contribution in [0.25, 0.3) is 5.57 Å². The first-order valence-electron chi connectivity index (χ1n) is 16.1. The van der Waals surface area contributed by atoms with Gasteiger partial charge in [0.05, 0.1) is 26.4 Å². The number of ether oxygens (including phenoxy) is 3. The number of hydrogen-bond donors (Lipinski definition) is 1. The summed E-state index contributed by atoms with van der Waals surface area (Å²) >= 11 is 0. The summed E-state index contributed by atoms with van der Waals surface area (Å²) in [6, 6.07) is 9.48. The van der Waals surface area contributed by atoms with E-state index in [2.05, 4.69) is 62.9 Å². The van der Waals surface area contributed by atoms with E-state index in [9.17, 15) is 5.11 Å². The summed E-state index contributed by atoms with van der Waals surface area (Å²) in [7, 11) is 1.70. The van der Waals surface area contributed by atoms with E-state index in [1.165, 1.54) is 74.5 Å². The number of aliphatic hydroxyl groups excluding tert-OH is 1. The molecular weight excluding hydrogens is 496 g/mol. The summed E-state index contributed by atoms with van der Waals surface area (Å²) in [6.07, 6.45) is 19.3. The van der Waals surface area contributed by atoms with Gasteiger partial charge in [-0.25, -0.2) is 0 Å². The number of unbranched alkanes of at least 4 members (excludes halogenated alkanes) is 2. The van der Waals surface area contributed by atoms with Crippen molar-refractivity contribution in [3.63, 3.8) is 0 Å². The van der Waals surface area contributed by atoms with Crippen molar-refractivity contribution in [2.45, 2.75) is 90.3 Å². The molecule has 1 heterocycles. The standard InChI is InChI=1S/C36H54O4/c1-5-7-8-9-28-18-19-33(21-27(28)6-2)31-14-10-29(11-15-31)30-12-16-32(17-13-30)35-24-39-36(40-25-35)34(23-38-4)20-26(3)22-37/h10-11,14-15,18-19,21,27-28,30,32,34-37H,3,5-9,12-13,16-17,20,22-25H2,1-2,4H3. The van der Waals surface area contributed by atoms with Gasteiger partial charge < -0.3 is 19.3 Å². The van der Waals surface area contributed by atoms with Gasteiger partial charge in [0.1, 0.15) is 0 Å². The zero-order valence-electron chi connectivity index (χ0n) is 25.4. The summed E-state index contributed by atoms with van der Waals surface area (Å²) in [4.78, 5) is 0. The molecule has 1 saturated heterocycles. The molecule has 2 fully saturated rings. The van der Waals surface area contributed by atoms with Gasteiger partial charge in [-0.1, -0.05) is 87.8 Å². The number of rotatable bonds is 14. The zero-order valence-corrected chi connectivity index (χ0v) is 25.4. The van der Waals surface area contributed by atoms with Gasteiger partial charge in [-0.05, 0) is 85.3 Å². The largest absolute Gasteiger partial charge is 0.392 e. The number of aliphatic hydroxyl groups is 1. The molecule has 1 aliphatic heterocycles. The molecule has 1 saturated carbocycles. The van der Waals surface area contributed by atoms with E-state index in [0.29, 0.717) is 42.6 Å². The van der Waals surface area contributed by atoms with E-state index in [-0.39, 0.29) is 18.8 Å². The van der Waals surface area contributed by atoms with Crippen molar-refractivity contribution < 1.29 is 19.3 Å². The van der Waals surface area contributed by atoms with E-state index in [4.69, 9.17) is 14.2 Å². The van der Waals surface area contributed by atoms with Crippen LogP contribution in [0.3, 0.4) is 0 Å². The van der Waals surface area contributed by atoms with Crippen molar-refractivity contribution in [2.75, 3.05) is 33.5 Å². The van der Waals surface area contributed by atoms with Crippen LogP contribution in [0.1, 0.15) is 95.1 Å². The molecule has 0 bridgehead atoms. The quantitative estimate of drug-likeness (QED) is 0.187. The average molecular weight is 551 g/mol. The SMILES string of the molecule is C=C(CO)CC(COC)C1OCC(C2CCC(c3ccc(C4=CC(CC)C(CCCCC)C=C4)cc3)CC2)CO1. The van der Waals surface area contributed by atoms with Gasteiger partial charge in [0.2, 0.25) is 0 Å². The Hall–Kier alpha value is -1.72.